The Balaban J connectivity index is 1.71. The van der Waals surface area contributed by atoms with E-state index in [0.717, 1.165) is 30.7 Å². The number of hydrogen-bond donors (Lipinski definition) is 2. The number of ether oxygens (including phenoxy) is 1. The van der Waals surface area contributed by atoms with Crippen LogP contribution in [-0.4, -0.2) is 25.8 Å². The summed E-state index contributed by atoms with van der Waals surface area (Å²) < 4.78 is 5.12. The summed E-state index contributed by atoms with van der Waals surface area (Å²) in [4.78, 5) is 11.7. The normalized spacial score (nSPS) is 17.7. The molecule has 1 atom stereocenters. The highest BCUT2D eigenvalue weighted by Crippen LogP contribution is 2.16. The van der Waals surface area contributed by atoms with E-state index in [-0.39, 0.29) is 12.5 Å². The van der Waals surface area contributed by atoms with Gasteiger partial charge in [0.2, 0.25) is 0 Å². The molecule has 112 valence electrons. The van der Waals surface area contributed by atoms with Crippen LogP contribution in [0.1, 0.15) is 19.3 Å². The van der Waals surface area contributed by atoms with Gasteiger partial charge in [0, 0.05) is 18.0 Å². The van der Waals surface area contributed by atoms with Crippen molar-refractivity contribution in [2.75, 3.05) is 19.0 Å². The summed E-state index contributed by atoms with van der Waals surface area (Å²) >= 11 is 0. The molecule has 2 N–H and O–H groups in total. The van der Waals surface area contributed by atoms with Crippen LogP contribution in [0.25, 0.3) is 0 Å². The Bertz CT molecular complexity index is 526. The molecule has 1 amide bonds. The van der Waals surface area contributed by atoms with Crippen molar-refractivity contribution >= 4 is 17.8 Å². The summed E-state index contributed by atoms with van der Waals surface area (Å²) in [5.41, 5.74) is 3.38. The van der Waals surface area contributed by atoms with Crippen molar-refractivity contribution in [2.24, 2.45) is 11.0 Å². The standard InChI is InChI=1S/C16H21N3O2/c1-21-15-9-5-8-14(10-15)17-12-16(20)19-18-11-13-6-3-2-4-7-13/h2-3,5,8-11,13,17H,4,6-7,12H2,1H3,(H,19,20)/b18-11-/t13-/m0/s1. The number of hydrazone groups is 1. The van der Waals surface area contributed by atoms with Crippen LogP contribution in [-0.2, 0) is 4.79 Å². The molecule has 1 aliphatic rings. The Morgan fingerprint density at radius 1 is 1.48 bits per heavy atom. The van der Waals surface area contributed by atoms with Crippen LogP contribution in [0.3, 0.4) is 0 Å². The number of amides is 1. The number of allylic oxidation sites excluding steroid dienone is 2. The van der Waals surface area contributed by atoms with Gasteiger partial charge in [0.1, 0.15) is 5.75 Å². The van der Waals surface area contributed by atoms with Crippen molar-refractivity contribution in [3.8, 4) is 5.75 Å². The lowest BCUT2D eigenvalue weighted by atomic mass is 9.96. The van der Waals surface area contributed by atoms with Crippen molar-refractivity contribution in [1.29, 1.82) is 0 Å². The smallest absolute Gasteiger partial charge is 0.259 e. The largest absolute Gasteiger partial charge is 0.497 e. The minimum Gasteiger partial charge on any atom is -0.497 e. The first-order chi connectivity index (χ1) is 10.3. The van der Waals surface area contributed by atoms with E-state index < -0.39 is 0 Å². The predicted octanol–water partition coefficient (Wildman–Crippen LogP) is 2.57. The zero-order chi connectivity index (χ0) is 14.9. The van der Waals surface area contributed by atoms with Gasteiger partial charge < -0.3 is 10.1 Å². The molecule has 0 unspecified atom stereocenters. The minimum atomic E-state index is -0.166. The van der Waals surface area contributed by atoms with Crippen LogP contribution in [0.2, 0.25) is 0 Å². The highest BCUT2D eigenvalue weighted by molar-refractivity contribution is 5.81. The molecule has 0 saturated carbocycles. The van der Waals surface area contributed by atoms with Crippen LogP contribution in [0.5, 0.6) is 5.75 Å². The van der Waals surface area contributed by atoms with Gasteiger partial charge in [-0.2, -0.15) is 5.10 Å². The number of methoxy groups -OCH3 is 1. The fourth-order valence-electron chi connectivity index (χ4n) is 2.12. The van der Waals surface area contributed by atoms with E-state index >= 15 is 0 Å². The lowest BCUT2D eigenvalue weighted by molar-refractivity contribution is -0.119. The van der Waals surface area contributed by atoms with E-state index in [1.54, 1.807) is 7.11 Å². The topological polar surface area (TPSA) is 62.7 Å². The zero-order valence-corrected chi connectivity index (χ0v) is 12.2. The Hall–Kier alpha value is -2.30. The van der Waals surface area contributed by atoms with Crippen molar-refractivity contribution in [2.45, 2.75) is 19.3 Å². The molecule has 1 aliphatic carbocycles. The summed E-state index contributed by atoms with van der Waals surface area (Å²) in [6.07, 6.45) is 9.35. The highest BCUT2D eigenvalue weighted by atomic mass is 16.5. The van der Waals surface area contributed by atoms with E-state index in [1.807, 2.05) is 30.5 Å². The lowest BCUT2D eigenvalue weighted by Crippen LogP contribution is -2.26. The fourth-order valence-corrected chi connectivity index (χ4v) is 2.12. The van der Waals surface area contributed by atoms with Gasteiger partial charge in [-0.3, -0.25) is 4.79 Å². The van der Waals surface area contributed by atoms with Gasteiger partial charge in [0.05, 0.1) is 13.7 Å². The predicted molar refractivity (Wildman–Crippen MR) is 84.6 cm³/mol. The maximum atomic E-state index is 11.7. The molecule has 2 rings (SSSR count). The van der Waals surface area contributed by atoms with E-state index in [1.165, 1.54) is 0 Å². The van der Waals surface area contributed by atoms with Crippen molar-refractivity contribution < 1.29 is 9.53 Å². The Morgan fingerprint density at radius 2 is 2.38 bits per heavy atom. The van der Waals surface area contributed by atoms with E-state index in [2.05, 4.69) is 28.0 Å². The van der Waals surface area contributed by atoms with E-state index in [9.17, 15) is 4.79 Å². The third-order valence-corrected chi connectivity index (χ3v) is 3.31. The summed E-state index contributed by atoms with van der Waals surface area (Å²) in [6.45, 7) is 0.176. The number of carbonyl (C=O) groups excluding carboxylic acids is 1. The molecule has 0 radical (unpaired) electrons. The van der Waals surface area contributed by atoms with Gasteiger partial charge in [0.15, 0.2) is 0 Å². The van der Waals surface area contributed by atoms with Gasteiger partial charge >= 0.3 is 0 Å². The zero-order valence-electron chi connectivity index (χ0n) is 12.2. The maximum absolute atomic E-state index is 11.7. The van der Waals surface area contributed by atoms with E-state index in [4.69, 9.17) is 4.74 Å². The molecule has 0 saturated heterocycles. The molecule has 5 nitrogen and oxygen atoms in total. The van der Waals surface area contributed by atoms with E-state index in [0.29, 0.717) is 5.92 Å². The third-order valence-electron chi connectivity index (χ3n) is 3.31. The van der Waals surface area contributed by atoms with Gasteiger partial charge in [-0.25, -0.2) is 5.43 Å². The first-order valence-electron chi connectivity index (χ1n) is 7.13. The van der Waals surface area contributed by atoms with Crippen molar-refractivity contribution in [3.05, 3.63) is 36.4 Å². The van der Waals surface area contributed by atoms with Crippen LogP contribution < -0.4 is 15.5 Å². The van der Waals surface area contributed by atoms with Crippen LogP contribution in [0.4, 0.5) is 5.69 Å². The maximum Gasteiger partial charge on any atom is 0.259 e. The quantitative estimate of drug-likeness (QED) is 0.480. The van der Waals surface area contributed by atoms with Crippen molar-refractivity contribution in [3.63, 3.8) is 0 Å². The second kappa shape index (κ2) is 8.09. The molecule has 1 aromatic carbocycles. The molecule has 0 fully saturated rings. The van der Waals surface area contributed by atoms with Crippen LogP contribution >= 0.6 is 0 Å². The molecule has 0 aliphatic heterocycles. The SMILES string of the molecule is COc1cccc(NCC(=O)N/N=C\[C@H]2CC=CCC2)c1. The summed E-state index contributed by atoms with van der Waals surface area (Å²) in [6, 6.07) is 7.44. The first-order valence-corrected chi connectivity index (χ1v) is 7.13. The Labute approximate surface area is 125 Å². The molecule has 0 aromatic heterocycles. The molecule has 0 heterocycles. The number of carbonyl (C=O) groups is 1. The van der Waals surface area contributed by atoms with Gasteiger partial charge in [-0.05, 0) is 37.3 Å². The number of benzene rings is 1. The number of hydrogen-bond acceptors (Lipinski definition) is 4. The molecule has 0 bridgehead atoms. The summed E-state index contributed by atoms with van der Waals surface area (Å²) in [7, 11) is 1.61. The average molecular weight is 287 g/mol. The average Bonchev–Trinajstić information content (AvgIpc) is 2.54. The molecule has 1 aromatic rings. The number of anilines is 1. The second-order valence-corrected chi connectivity index (χ2v) is 4.94. The Kier molecular flexibility index (Phi) is 5.82. The fraction of sp³-hybridized carbons (Fsp3) is 0.375. The number of nitrogens with zero attached hydrogens (tertiary/aromatic N) is 1. The minimum absolute atomic E-state index is 0.166. The summed E-state index contributed by atoms with van der Waals surface area (Å²) in [5.74, 6) is 1.02. The first kappa shape index (κ1) is 15.1. The molecular weight excluding hydrogens is 266 g/mol. The van der Waals surface area contributed by atoms with Gasteiger partial charge in [0.25, 0.3) is 5.91 Å². The lowest BCUT2D eigenvalue weighted by Gasteiger charge is -2.12. The number of nitrogens with one attached hydrogen (secondary N) is 2. The number of rotatable bonds is 6. The third kappa shape index (κ3) is 5.30. The molecule has 5 heteroatoms. The van der Waals surface area contributed by atoms with Gasteiger partial charge in [-0.15, -0.1) is 0 Å². The summed E-state index contributed by atoms with van der Waals surface area (Å²) in [5, 5.41) is 7.05. The molecule has 0 spiro atoms. The second-order valence-electron chi connectivity index (χ2n) is 4.94. The molecule has 21 heavy (non-hydrogen) atoms. The molecular formula is C16H21N3O2. The Morgan fingerprint density at radius 3 is 3.14 bits per heavy atom. The van der Waals surface area contributed by atoms with Gasteiger partial charge in [-0.1, -0.05) is 18.2 Å². The van der Waals surface area contributed by atoms with Crippen LogP contribution in [0, 0.1) is 5.92 Å². The monoisotopic (exact) mass is 287 g/mol. The highest BCUT2D eigenvalue weighted by Gasteiger charge is 2.06. The van der Waals surface area contributed by atoms with Crippen molar-refractivity contribution in [1.82, 2.24) is 5.43 Å². The van der Waals surface area contributed by atoms with Crippen LogP contribution in [0.15, 0.2) is 41.5 Å².